The zero-order chi connectivity index (χ0) is 28.3. The predicted octanol–water partition coefficient (Wildman–Crippen LogP) is 4.67. The summed E-state index contributed by atoms with van der Waals surface area (Å²) < 4.78 is 29.6. The zero-order valence-electron chi connectivity index (χ0n) is 21.6. The number of nitrogens with one attached hydrogen (secondary N) is 1. The van der Waals surface area contributed by atoms with E-state index in [1.54, 1.807) is 41.8 Å². The number of aromatic nitrogens is 3. The van der Waals surface area contributed by atoms with Crippen molar-refractivity contribution in [3.8, 4) is 17.1 Å². The third-order valence-electron chi connectivity index (χ3n) is 6.55. The number of thioether (sulfide) groups is 1. The highest BCUT2D eigenvalue weighted by atomic mass is 32.2. The van der Waals surface area contributed by atoms with E-state index in [9.17, 15) is 23.3 Å². The van der Waals surface area contributed by atoms with Gasteiger partial charge in [0, 0.05) is 30.4 Å². The van der Waals surface area contributed by atoms with Crippen molar-refractivity contribution in [1.29, 1.82) is 0 Å². The van der Waals surface area contributed by atoms with Gasteiger partial charge in [-0.25, -0.2) is 8.42 Å². The van der Waals surface area contributed by atoms with Crippen LogP contribution in [0.3, 0.4) is 0 Å². The Balaban J connectivity index is 1.43. The lowest BCUT2D eigenvalue weighted by Gasteiger charge is -2.16. The number of sulfonamides is 1. The number of nitro benzene ring substituents is 1. The van der Waals surface area contributed by atoms with Crippen LogP contribution in [0.5, 0.6) is 0 Å². The van der Waals surface area contributed by atoms with Crippen LogP contribution in [-0.4, -0.2) is 57.2 Å². The highest BCUT2D eigenvalue weighted by Crippen LogP contribution is 2.31. The van der Waals surface area contributed by atoms with E-state index in [1.807, 2.05) is 30.3 Å². The van der Waals surface area contributed by atoms with Crippen LogP contribution in [0.15, 0.2) is 82.8 Å². The molecule has 0 saturated carbocycles. The van der Waals surface area contributed by atoms with Gasteiger partial charge >= 0.3 is 0 Å². The van der Waals surface area contributed by atoms with E-state index in [-0.39, 0.29) is 22.2 Å². The molecule has 2 heterocycles. The number of rotatable bonds is 9. The topological polar surface area (TPSA) is 140 Å². The molecule has 5 rings (SSSR count). The SMILES string of the molecule is Cc1c(NC(=O)CSc2nnc(-c3cccc(S(=O)(=O)N4CCCC4)c3)n2-c2ccccc2)cccc1[N+](=O)[O-]. The second kappa shape index (κ2) is 11.6. The van der Waals surface area contributed by atoms with E-state index in [0.717, 1.165) is 30.3 Å². The summed E-state index contributed by atoms with van der Waals surface area (Å²) in [5, 5.41) is 23.1. The number of hydrogen-bond acceptors (Lipinski definition) is 8. The molecule has 1 aromatic heterocycles. The maximum absolute atomic E-state index is 13.2. The number of nitrogens with zero attached hydrogens (tertiary/aromatic N) is 5. The van der Waals surface area contributed by atoms with Gasteiger partial charge in [0.15, 0.2) is 11.0 Å². The lowest BCUT2D eigenvalue weighted by atomic mass is 10.1. The van der Waals surface area contributed by atoms with Crippen LogP contribution >= 0.6 is 11.8 Å². The molecule has 0 aliphatic carbocycles. The van der Waals surface area contributed by atoms with Crippen LogP contribution in [0.4, 0.5) is 11.4 Å². The molecule has 1 amide bonds. The van der Waals surface area contributed by atoms with Gasteiger partial charge in [-0.2, -0.15) is 4.31 Å². The first kappa shape index (κ1) is 27.5. The fraction of sp³-hybridized carbons (Fsp3) is 0.222. The average Bonchev–Trinajstić information content (AvgIpc) is 3.65. The molecule has 3 aromatic carbocycles. The van der Waals surface area contributed by atoms with Gasteiger partial charge < -0.3 is 5.32 Å². The van der Waals surface area contributed by atoms with E-state index < -0.39 is 14.9 Å². The smallest absolute Gasteiger partial charge is 0.274 e. The molecule has 40 heavy (non-hydrogen) atoms. The lowest BCUT2D eigenvalue weighted by Crippen LogP contribution is -2.27. The molecule has 0 unspecified atom stereocenters. The Morgan fingerprint density at radius 3 is 2.48 bits per heavy atom. The van der Waals surface area contributed by atoms with Crippen molar-refractivity contribution in [1.82, 2.24) is 19.1 Å². The summed E-state index contributed by atoms with van der Waals surface area (Å²) in [7, 11) is -3.63. The van der Waals surface area contributed by atoms with Crippen LogP contribution in [-0.2, 0) is 14.8 Å². The highest BCUT2D eigenvalue weighted by molar-refractivity contribution is 7.99. The third kappa shape index (κ3) is 5.62. The molecule has 1 aliphatic rings. The third-order valence-corrected chi connectivity index (χ3v) is 9.37. The number of anilines is 1. The van der Waals surface area contributed by atoms with Crippen molar-refractivity contribution in [2.45, 2.75) is 29.8 Å². The minimum atomic E-state index is -3.63. The summed E-state index contributed by atoms with van der Waals surface area (Å²) in [5.74, 6) is 0.0369. The number of carbonyl (C=O) groups excluding carboxylic acids is 1. The maximum atomic E-state index is 13.2. The van der Waals surface area contributed by atoms with Gasteiger partial charge in [0.1, 0.15) is 0 Å². The number of hydrogen-bond donors (Lipinski definition) is 1. The van der Waals surface area contributed by atoms with Gasteiger partial charge in [0.25, 0.3) is 5.69 Å². The van der Waals surface area contributed by atoms with Gasteiger partial charge in [0.05, 0.1) is 26.8 Å². The average molecular weight is 579 g/mol. The van der Waals surface area contributed by atoms with Crippen LogP contribution < -0.4 is 5.32 Å². The molecule has 0 bridgehead atoms. The first-order chi connectivity index (χ1) is 19.3. The second-order valence-corrected chi connectivity index (χ2v) is 12.0. The van der Waals surface area contributed by atoms with E-state index in [0.29, 0.717) is 40.9 Å². The van der Waals surface area contributed by atoms with Crippen molar-refractivity contribution in [2.75, 3.05) is 24.2 Å². The van der Waals surface area contributed by atoms with Crippen LogP contribution in [0.1, 0.15) is 18.4 Å². The number of carbonyl (C=O) groups is 1. The molecule has 1 saturated heterocycles. The largest absolute Gasteiger partial charge is 0.325 e. The van der Waals surface area contributed by atoms with E-state index >= 15 is 0 Å². The van der Waals surface area contributed by atoms with Crippen molar-refractivity contribution in [3.63, 3.8) is 0 Å². The lowest BCUT2D eigenvalue weighted by molar-refractivity contribution is -0.385. The van der Waals surface area contributed by atoms with Crippen molar-refractivity contribution >= 4 is 39.1 Å². The van der Waals surface area contributed by atoms with Gasteiger partial charge in [-0.15, -0.1) is 10.2 Å². The molecule has 1 fully saturated rings. The molecule has 11 nitrogen and oxygen atoms in total. The second-order valence-electron chi connectivity index (χ2n) is 9.16. The highest BCUT2D eigenvalue weighted by Gasteiger charge is 2.28. The Bertz CT molecular complexity index is 1670. The predicted molar refractivity (Wildman–Crippen MR) is 152 cm³/mol. The summed E-state index contributed by atoms with van der Waals surface area (Å²) in [6.45, 7) is 2.59. The summed E-state index contributed by atoms with van der Waals surface area (Å²) in [6, 6.07) is 20.5. The summed E-state index contributed by atoms with van der Waals surface area (Å²) in [5.41, 5.74) is 1.96. The number of nitro groups is 1. The van der Waals surface area contributed by atoms with E-state index in [4.69, 9.17) is 0 Å². The van der Waals surface area contributed by atoms with Crippen molar-refractivity contribution in [2.24, 2.45) is 0 Å². The molecular formula is C27H26N6O5S2. The van der Waals surface area contributed by atoms with Crippen LogP contribution in [0.2, 0.25) is 0 Å². The number of amides is 1. The Kier molecular flexibility index (Phi) is 7.96. The molecule has 0 atom stereocenters. The molecule has 206 valence electrons. The van der Waals surface area contributed by atoms with E-state index in [1.165, 1.54) is 16.4 Å². The summed E-state index contributed by atoms with van der Waals surface area (Å²) in [4.78, 5) is 23.7. The Morgan fingerprint density at radius 1 is 1.02 bits per heavy atom. The molecule has 1 aliphatic heterocycles. The van der Waals surface area contributed by atoms with Crippen LogP contribution in [0, 0.1) is 17.0 Å². The van der Waals surface area contributed by atoms with Crippen molar-refractivity contribution in [3.05, 3.63) is 88.5 Å². The summed E-state index contributed by atoms with van der Waals surface area (Å²) >= 11 is 1.15. The molecule has 0 radical (unpaired) electrons. The maximum Gasteiger partial charge on any atom is 0.274 e. The number of para-hydroxylation sites is 1. The Hall–Kier alpha value is -4.07. The minimum absolute atomic E-state index is 0.0313. The Labute approximate surface area is 235 Å². The quantitative estimate of drug-likeness (QED) is 0.172. The monoisotopic (exact) mass is 578 g/mol. The van der Waals surface area contributed by atoms with Gasteiger partial charge in [-0.3, -0.25) is 19.5 Å². The minimum Gasteiger partial charge on any atom is -0.325 e. The fourth-order valence-electron chi connectivity index (χ4n) is 4.51. The van der Waals surface area contributed by atoms with Gasteiger partial charge in [-0.05, 0) is 50.1 Å². The first-order valence-corrected chi connectivity index (χ1v) is 15.0. The normalized spacial score (nSPS) is 13.8. The molecule has 13 heteroatoms. The van der Waals surface area contributed by atoms with Gasteiger partial charge in [0.2, 0.25) is 15.9 Å². The molecule has 0 spiro atoms. The Morgan fingerprint density at radius 2 is 1.75 bits per heavy atom. The molecule has 4 aromatic rings. The zero-order valence-corrected chi connectivity index (χ0v) is 23.2. The van der Waals surface area contributed by atoms with Crippen LogP contribution in [0.25, 0.3) is 17.1 Å². The molecular weight excluding hydrogens is 552 g/mol. The standard InChI is InChI=1S/C27H26N6O5S2/c1-19-23(13-8-14-24(19)33(35)36)28-25(34)18-39-27-30-29-26(32(27)21-10-3-2-4-11-21)20-9-7-12-22(17-20)40(37,38)31-15-5-6-16-31/h2-4,7-14,17H,5-6,15-16,18H2,1H3,(H,28,34). The van der Waals surface area contributed by atoms with Crippen molar-refractivity contribution < 1.29 is 18.1 Å². The van der Waals surface area contributed by atoms with E-state index in [2.05, 4.69) is 15.5 Å². The molecule has 1 N–H and O–H groups in total. The number of benzene rings is 3. The van der Waals surface area contributed by atoms with Gasteiger partial charge in [-0.1, -0.05) is 48.2 Å². The fourth-order valence-corrected chi connectivity index (χ4v) is 6.82. The first-order valence-electron chi connectivity index (χ1n) is 12.5. The summed E-state index contributed by atoms with van der Waals surface area (Å²) in [6.07, 6.45) is 1.69.